The first-order chi connectivity index (χ1) is 9.93. The highest BCUT2D eigenvalue weighted by molar-refractivity contribution is 9.10. The normalized spacial score (nSPS) is 11.0. The van der Waals surface area contributed by atoms with Gasteiger partial charge in [-0.25, -0.2) is 14.4 Å². The molecular formula is C16H19BrFN3. The second-order valence-electron chi connectivity index (χ2n) is 5.21. The molecule has 1 aromatic heterocycles. The molecule has 2 rings (SSSR count). The molecule has 21 heavy (non-hydrogen) atoms. The monoisotopic (exact) mass is 351 g/mol. The van der Waals surface area contributed by atoms with Gasteiger partial charge in [-0.05, 0) is 32.0 Å². The van der Waals surface area contributed by atoms with Gasteiger partial charge in [0.1, 0.15) is 17.5 Å². The lowest BCUT2D eigenvalue weighted by molar-refractivity contribution is 0.629. The summed E-state index contributed by atoms with van der Waals surface area (Å²) >= 11 is 3.39. The highest BCUT2D eigenvalue weighted by Crippen LogP contribution is 2.31. The maximum Gasteiger partial charge on any atom is 0.133 e. The molecule has 0 atom stereocenters. The predicted molar refractivity (Wildman–Crippen MR) is 88.1 cm³/mol. The Kier molecular flexibility index (Phi) is 4.93. The molecule has 0 unspecified atom stereocenters. The molecule has 0 amide bonds. The van der Waals surface area contributed by atoms with Gasteiger partial charge in [0.15, 0.2) is 0 Å². The molecule has 1 aromatic carbocycles. The number of hydrogen-bond acceptors (Lipinski definition) is 3. The van der Waals surface area contributed by atoms with Crippen molar-refractivity contribution in [3.63, 3.8) is 0 Å². The lowest BCUT2D eigenvalue weighted by Crippen LogP contribution is -2.09. The molecule has 0 aliphatic rings. The molecule has 1 N–H and O–H groups in total. The third-order valence-electron chi connectivity index (χ3n) is 3.21. The fourth-order valence-corrected chi connectivity index (χ4v) is 2.43. The number of rotatable bonds is 4. The topological polar surface area (TPSA) is 37.8 Å². The summed E-state index contributed by atoms with van der Waals surface area (Å²) in [7, 11) is 0. The van der Waals surface area contributed by atoms with Gasteiger partial charge in [-0.15, -0.1) is 0 Å². The van der Waals surface area contributed by atoms with Crippen LogP contribution >= 0.6 is 15.9 Å². The molecule has 0 aliphatic heterocycles. The van der Waals surface area contributed by atoms with Gasteiger partial charge in [0, 0.05) is 28.1 Å². The fourth-order valence-electron chi connectivity index (χ4n) is 2.07. The third kappa shape index (κ3) is 3.40. The highest BCUT2D eigenvalue weighted by Gasteiger charge is 2.17. The Hall–Kier alpha value is -1.49. The summed E-state index contributed by atoms with van der Waals surface area (Å²) in [5, 5.41) is 3.23. The Labute approximate surface area is 133 Å². The van der Waals surface area contributed by atoms with E-state index >= 15 is 0 Å². The second kappa shape index (κ2) is 6.52. The molecule has 112 valence electrons. The van der Waals surface area contributed by atoms with Gasteiger partial charge in [-0.3, -0.25) is 0 Å². The summed E-state index contributed by atoms with van der Waals surface area (Å²) in [4.78, 5) is 9.12. The van der Waals surface area contributed by atoms with Gasteiger partial charge in [-0.2, -0.15) is 0 Å². The maximum atomic E-state index is 14.2. The number of benzene rings is 1. The van der Waals surface area contributed by atoms with Crippen molar-refractivity contribution < 1.29 is 4.39 Å². The van der Waals surface area contributed by atoms with Crippen LogP contribution in [0, 0.1) is 12.7 Å². The van der Waals surface area contributed by atoms with Crippen molar-refractivity contribution in [2.24, 2.45) is 0 Å². The van der Waals surface area contributed by atoms with Crippen molar-refractivity contribution in [2.75, 3.05) is 11.9 Å². The van der Waals surface area contributed by atoms with Crippen LogP contribution in [-0.4, -0.2) is 16.5 Å². The van der Waals surface area contributed by atoms with Crippen molar-refractivity contribution in [1.82, 2.24) is 9.97 Å². The van der Waals surface area contributed by atoms with E-state index < -0.39 is 0 Å². The van der Waals surface area contributed by atoms with Crippen LogP contribution in [0.2, 0.25) is 0 Å². The molecule has 0 bridgehead atoms. The van der Waals surface area contributed by atoms with Crippen LogP contribution in [0.25, 0.3) is 11.3 Å². The lowest BCUT2D eigenvalue weighted by Gasteiger charge is -2.15. The fraction of sp³-hybridized carbons (Fsp3) is 0.375. The number of nitrogens with one attached hydrogen (secondary N) is 1. The molecule has 1 heterocycles. The van der Waals surface area contributed by atoms with Gasteiger partial charge < -0.3 is 5.32 Å². The van der Waals surface area contributed by atoms with E-state index in [4.69, 9.17) is 0 Å². The van der Waals surface area contributed by atoms with Crippen LogP contribution in [0.5, 0.6) is 0 Å². The average Bonchev–Trinajstić information content (AvgIpc) is 2.44. The van der Waals surface area contributed by atoms with Gasteiger partial charge in [0.2, 0.25) is 0 Å². The van der Waals surface area contributed by atoms with E-state index in [1.807, 2.05) is 27.7 Å². The Bertz CT molecular complexity index is 656. The summed E-state index contributed by atoms with van der Waals surface area (Å²) in [5.41, 5.74) is 1.99. The Morgan fingerprint density at radius 1 is 1.29 bits per heavy atom. The summed E-state index contributed by atoms with van der Waals surface area (Å²) in [6, 6.07) is 4.89. The standard InChI is InChI=1S/C16H19BrFN3/c1-5-19-16-10(4)14(20-15(21-16)9(2)3)12-8-11(17)6-7-13(12)18/h6-9H,5H2,1-4H3,(H,19,20,21). The Morgan fingerprint density at radius 3 is 2.62 bits per heavy atom. The first-order valence-corrected chi connectivity index (χ1v) is 7.81. The lowest BCUT2D eigenvalue weighted by atomic mass is 10.1. The second-order valence-corrected chi connectivity index (χ2v) is 6.13. The number of aromatic nitrogens is 2. The molecule has 0 spiro atoms. The van der Waals surface area contributed by atoms with Gasteiger partial charge in [0.25, 0.3) is 0 Å². The van der Waals surface area contributed by atoms with E-state index in [1.165, 1.54) is 6.07 Å². The zero-order valence-corrected chi connectivity index (χ0v) is 14.3. The van der Waals surface area contributed by atoms with Crippen molar-refractivity contribution in [3.8, 4) is 11.3 Å². The van der Waals surface area contributed by atoms with Crippen LogP contribution in [0.15, 0.2) is 22.7 Å². The molecule has 3 nitrogen and oxygen atoms in total. The van der Waals surface area contributed by atoms with Crippen molar-refractivity contribution in [1.29, 1.82) is 0 Å². The summed E-state index contributed by atoms with van der Waals surface area (Å²) in [5.74, 6) is 1.38. The summed E-state index contributed by atoms with van der Waals surface area (Å²) in [6.45, 7) is 8.74. The molecule has 2 aromatic rings. The minimum atomic E-state index is -0.280. The van der Waals surface area contributed by atoms with E-state index in [2.05, 4.69) is 31.2 Å². The number of nitrogens with zero attached hydrogens (tertiary/aromatic N) is 2. The number of anilines is 1. The van der Waals surface area contributed by atoms with Crippen LogP contribution in [-0.2, 0) is 0 Å². The van der Waals surface area contributed by atoms with E-state index in [0.717, 1.165) is 22.4 Å². The van der Waals surface area contributed by atoms with Crippen LogP contribution in [0.4, 0.5) is 10.2 Å². The Balaban J connectivity index is 2.69. The minimum Gasteiger partial charge on any atom is -0.370 e. The van der Waals surface area contributed by atoms with Crippen LogP contribution in [0.1, 0.15) is 38.1 Å². The van der Waals surface area contributed by atoms with Gasteiger partial charge in [-0.1, -0.05) is 29.8 Å². The van der Waals surface area contributed by atoms with Crippen LogP contribution in [0.3, 0.4) is 0 Å². The molecule has 5 heteroatoms. The van der Waals surface area contributed by atoms with Gasteiger partial charge >= 0.3 is 0 Å². The minimum absolute atomic E-state index is 0.178. The maximum absolute atomic E-state index is 14.2. The van der Waals surface area contributed by atoms with E-state index in [9.17, 15) is 4.39 Å². The van der Waals surface area contributed by atoms with Crippen LogP contribution < -0.4 is 5.32 Å². The van der Waals surface area contributed by atoms with E-state index in [0.29, 0.717) is 17.1 Å². The quantitative estimate of drug-likeness (QED) is 0.850. The molecule has 0 saturated heterocycles. The first-order valence-electron chi connectivity index (χ1n) is 7.01. The largest absolute Gasteiger partial charge is 0.370 e. The average molecular weight is 352 g/mol. The Morgan fingerprint density at radius 2 is 2.00 bits per heavy atom. The molecule has 0 radical (unpaired) electrons. The van der Waals surface area contributed by atoms with Crippen molar-refractivity contribution >= 4 is 21.7 Å². The van der Waals surface area contributed by atoms with Gasteiger partial charge in [0.05, 0.1) is 5.69 Å². The zero-order chi connectivity index (χ0) is 15.6. The third-order valence-corrected chi connectivity index (χ3v) is 3.70. The molecule has 0 saturated carbocycles. The van der Waals surface area contributed by atoms with E-state index in [1.54, 1.807) is 12.1 Å². The highest BCUT2D eigenvalue weighted by atomic mass is 79.9. The first kappa shape index (κ1) is 15.9. The summed E-state index contributed by atoms with van der Waals surface area (Å²) in [6.07, 6.45) is 0. The molecule has 0 aliphatic carbocycles. The zero-order valence-electron chi connectivity index (χ0n) is 12.7. The molecule has 0 fully saturated rings. The molecular weight excluding hydrogens is 333 g/mol. The smallest absolute Gasteiger partial charge is 0.133 e. The SMILES string of the molecule is CCNc1nc(C(C)C)nc(-c2cc(Br)ccc2F)c1C. The van der Waals surface area contributed by atoms with E-state index in [-0.39, 0.29) is 11.7 Å². The predicted octanol–water partition coefficient (Wildman–Crippen LogP) is 4.91. The number of hydrogen-bond donors (Lipinski definition) is 1. The summed E-state index contributed by atoms with van der Waals surface area (Å²) < 4.78 is 15.0. The number of halogens is 2. The van der Waals surface area contributed by atoms with Crippen molar-refractivity contribution in [3.05, 3.63) is 39.9 Å². The van der Waals surface area contributed by atoms with Crippen molar-refractivity contribution in [2.45, 2.75) is 33.6 Å².